The van der Waals surface area contributed by atoms with Crippen molar-refractivity contribution in [3.8, 4) is 18.5 Å². The summed E-state index contributed by atoms with van der Waals surface area (Å²) in [6, 6.07) is 3.75. The predicted octanol–water partition coefficient (Wildman–Crippen LogP) is 2.20. The second-order valence-corrected chi connectivity index (χ2v) is 7.98. The van der Waals surface area contributed by atoms with Crippen molar-refractivity contribution >= 4 is 16.1 Å². The molecule has 1 heterocycles. The summed E-state index contributed by atoms with van der Waals surface area (Å²) in [6.45, 7) is 5.77. The maximum absolute atomic E-state index is 12.9. The van der Waals surface area contributed by atoms with Crippen molar-refractivity contribution in [2.45, 2.75) is 19.1 Å². The van der Waals surface area contributed by atoms with Gasteiger partial charge < -0.3 is 9.64 Å². The van der Waals surface area contributed by atoms with Gasteiger partial charge in [0.1, 0.15) is 5.83 Å². The van der Waals surface area contributed by atoms with Crippen molar-refractivity contribution in [2.75, 3.05) is 32.8 Å². The van der Waals surface area contributed by atoms with Crippen LogP contribution in [0.15, 0.2) is 52.3 Å². The fraction of sp³-hybridized carbons (Fsp3) is 0.400. The summed E-state index contributed by atoms with van der Waals surface area (Å²) in [5.74, 6) is -0.567. The van der Waals surface area contributed by atoms with E-state index in [-0.39, 0.29) is 12.0 Å². The highest BCUT2D eigenvalue weighted by Crippen LogP contribution is 2.10. The first-order valence-corrected chi connectivity index (χ1v) is 11.1. The summed E-state index contributed by atoms with van der Waals surface area (Å²) in [6.07, 6.45) is 8.34. The average molecular weight is 486 g/mol. The van der Waals surface area contributed by atoms with Crippen LogP contribution in [0.25, 0.3) is 0 Å². The molecule has 1 fully saturated rings. The van der Waals surface area contributed by atoms with E-state index in [1.807, 2.05) is 4.90 Å². The highest BCUT2D eigenvalue weighted by Gasteiger charge is 2.21. The standard InChI is InChI=1S/C11H12F2N2O2S.C9H13N3O3/c1-2-15-9-11(8-14)18(16,17)7-5-10(13)4-3-6-12;1-3-10-9(8(2)12(13)14)11-4-6-15-7-5-11/h3-7,9,11H,2H2,1H3;1,10H,4-7H2,2H3/b6-3+,7-5+,10-4+,15-9?;9-8-. The SMILES string of the molecule is C#CN/C(=C(\C)[N+](=O)[O-])N1CCOCC1.CCN=CC(C#N)S(=O)(=O)/C=C/C(F)=C\C=C\F. The maximum atomic E-state index is 12.9. The van der Waals surface area contributed by atoms with Gasteiger partial charge in [-0.05, 0) is 25.2 Å². The fourth-order valence-electron chi connectivity index (χ4n) is 2.16. The molecule has 33 heavy (non-hydrogen) atoms. The van der Waals surface area contributed by atoms with Gasteiger partial charge >= 0.3 is 0 Å². The van der Waals surface area contributed by atoms with Crippen LogP contribution in [0.3, 0.4) is 0 Å². The molecule has 1 N–H and O–H groups in total. The number of allylic oxidation sites excluding steroid dienone is 5. The molecule has 1 atom stereocenters. The topological polar surface area (TPSA) is 138 Å². The third-order valence-electron chi connectivity index (χ3n) is 3.78. The molecule has 13 heteroatoms. The zero-order valence-corrected chi connectivity index (χ0v) is 19.0. The summed E-state index contributed by atoms with van der Waals surface area (Å²) in [4.78, 5) is 15.7. The lowest BCUT2D eigenvalue weighted by molar-refractivity contribution is -0.427. The van der Waals surface area contributed by atoms with Gasteiger partial charge in [-0.3, -0.25) is 20.4 Å². The summed E-state index contributed by atoms with van der Waals surface area (Å²) in [5, 5.41) is 21.0. The largest absolute Gasteiger partial charge is 0.378 e. The van der Waals surface area contributed by atoms with Crippen LogP contribution in [0.4, 0.5) is 8.78 Å². The molecule has 1 unspecified atom stereocenters. The Hall–Kier alpha value is -3.55. The second kappa shape index (κ2) is 16.1. The molecule has 0 saturated carbocycles. The number of rotatable bonds is 9. The smallest absolute Gasteiger partial charge is 0.283 e. The van der Waals surface area contributed by atoms with Crippen LogP contribution in [0.5, 0.6) is 0 Å². The lowest BCUT2D eigenvalue weighted by atomic mass is 10.3. The van der Waals surface area contributed by atoms with Gasteiger partial charge in [0.25, 0.3) is 5.70 Å². The summed E-state index contributed by atoms with van der Waals surface area (Å²) in [7, 11) is -3.95. The van der Waals surface area contributed by atoms with Gasteiger partial charge in [0.15, 0.2) is 20.9 Å². The number of nitro groups is 1. The zero-order chi connectivity index (χ0) is 25.3. The molecule has 0 radical (unpaired) electrons. The number of halogens is 2. The van der Waals surface area contributed by atoms with Crippen molar-refractivity contribution < 1.29 is 26.9 Å². The molecular weight excluding hydrogens is 460 g/mol. The molecule has 1 rings (SSSR count). The molecule has 0 aromatic rings. The van der Waals surface area contributed by atoms with Crippen molar-refractivity contribution in [2.24, 2.45) is 4.99 Å². The third-order valence-corrected chi connectivity index (χ3v) is 5.23. The molecule has 1 saturated heterocycles. The Morgan fingerprint density at radius 2 is 2.09 bits per heavy atom. The summed E-state index contributed by atoms with van der Waals surface area (Å²) in [5.41, 5.74) is 0.0230. The van der Waals surface area contributed by atoms with Gasteiger partial charge in [0.05, 0.1) is 30.5 Å². The highest BCUT2D eigenvalue weighted by atomic mass is 32.2. The maximum Gasteiger partial charge on any atom is 0.283 e. The molecule has 180 valence electrons. The molecule has 0 aromatic carbocycles. The van der Waals surface area contributed by atoms with E-state index in [4.69, 9.17) is 16.4 Å². The minimum Gasteiger partial charge on any atom is -0.378 e. The van der Waals surface area contributed by atoms with Crippen LogP contribution >= 0.6 is 0 Å². The molecule has 0 aromatic heterocycles. The molecule has 10 nitrogen and oxygen atoms in total. The quantitative estimate of drug-likeness (QED) is 0.131. The van der Waals surface area contributed by atoms with Crippen LogP contribution in [0.2, 0.25) is 0 Å². The van der Waals surface area contributed by atoms with Gasteiger partial charge in [-0.1, -0.05) is 6.42 Å². The number of nitriles is 1. The van der Waals surface area contributed by atoms with Crippen molar-refractivity contribution in [3.05, 3.63) is 57.4 Å². The lowest BCUT2D eigenvalue weighted by Crippen LogP contribution is -2.40. The predicted molar refractivity (Wildman–Crippen MR) is 120 cm³/mol. The number of sulfone groups is 1. The number of hydrogen-bond donors (Lipinski definition) is 1. The van der Waals surface area contributed by atoms with E-state index in [9.17, 15) is 27.3 Å². The number of aliphatic imine (C=N–C) groups is 1. The average Bonchev–Trinajstić information content (AvgIpc) is 2.80. The van der Waals surface area contributed by atoms with E-state index < -0.39 is 25.8 Å². The first kappa shape index (κ1) is 29.5. The number of morpholine rings is 1. The van der Waals surface area contributed by atoms with Gasteiger partial charge in [-0.2, -0.15) is 5.26 Å². The van der Waals surface area contributed by atoms with Gasteiger partial charge in [0.2, 0.25) is 0 Å². The first-order chi connectivity index (χ1) is 15.6. The minimum absolute atomic E-state index is 0.0230. The van der Waals surface area contributed by atoms with E-state index in [1.165, 1.54) is 13.0 Å². The van der Waals surface area contributed by atoms with Crippen molar-refractivity contribution in [1.29, 1.82) is 5.26 Å². The van der Waals surface area contributed by atoms with E-state index in [0.29, 0.717) is 50.2 Å². The Balaban J connectivity index is 0.000000629. The van der Waals surface area contributed by atoms with Gasteiger partial charge in [0, 0.05) is 44.2 Å². The Kier molecular flexibility index (Phi) is 14.4. The molecule has 1 aliphatic heterocycles. The monoisotopic (exact) mass is 485 g/mol. The molecular formula is C20H25F2N5O5S. The Morgan fingerprint density at radius 3 is 2.58 bits per heavy atom. The van der Waals surface area contributed by atoms with Crippen LogP contribution in [0, 0.1) is 33.9 Å². The molecule has 0 aliphatic carbocycles. The number of terminal acetylenes is 1. The second-order valence-electron chi connectivity index (χ2n) is 6.02. The first-order valence-electron chi connectivity index (χ1n) is 9.48. The number of nitrogens with zero attached hydrogens (tertiary/aromatic N) is 4. The fourth-order valence-corrected chi connectivity index (χ4v) is 3.05. The normalized spacial score (nSPS) is 16.5. The molecule has 0 amide bonds. The number of nitrogens with one attached hydrogen (secondary N) is 1. The number of hydrogen-bond acceptors (Lipinski definition) is 9. The van der Waals surface area contributed by atoms with Crippen LogP contribution < -0.4 is 5.32 Å². The van der Waals surface area contributed by atoms with E-state index in [2.05, 4.69) is 16.4 Å². The molecule has 1 aliphatic rings. The minimum atomic E-state index is -3.95. The molecule has 0 bridgehead atoms. The van der Waals surface area contributed by atoms with Crippen molar-refractivity contribution in [3.63, 3.8) is 0 Å². The summed E-state index contributed by atoms with van der Waals surface area (Å²) < 4.78 is 52.7. The van der Waals surface area contributed by atoms with E-state index >= 15 is 0 Å². The summed E-state index contributed by atoms with van der Waals surface area (Å²) >= 11 is 0. The van der Waals surface area contributed by atoms with Gasteiger partial charge in [-0.15, -0.1) is 0 Å². The lowest BCUT2D eigenvalue weighted by Gasteiger charge is -2.29. The Morgan fingerprint density at radius 1 is 1.45 bits per heavy atom. The van der Waals surface area contributed by atoms with Gasteiger partial charge in [-0.25, -0.2) is 17.2 Å². The molecule has 0 spiro atoms. The Labute approximate surface area is 191 Å². The van der Waals surface area contributed by atoms with Crippen LogP contribution in [0.1, 0.15) is 13.8 Å². The third kappa shape index (κ3) is 11.6. The van der Waals surface area contributed by atoms with E-state index in [0.717, 1.165) is 18.4 Å². The van der Waals surface area contributed by atoms with Crippen LogP contribution in [-0.2, 0) is 14.6 Å². The van der Waals surface area contributed by atoms with Crippen LogP contribution in [-0.4, -0.2) is 62.6 Å². The highest BCUT2D eigenvalue weighted by molar-refractivity contribution is 7.95. The van der Waals surface area contributed by atoms with Crippen molar-refractivity contribution in [1.82, 2.24) is 10.2 Å². The zero-order valence-electron chi connectivity index (χ0n) is 18.1. The van der Waals surface area contributed by atoms with E-state index in [1.54, 1.807) is 6.92 Å². The Bertz CT molecular complexity index is 985. The number of ether oxygens (including phenoxy) is 1.